The Hall–Kier alpha value is -1.74. The fourth-order valence-electron chi connectivity index (χ4n) is 1.79. The molecule has 0 bridgehead atoms. The Balaban J connectivity index is 2.28. The largest absolute Gasteiger partial charge is 0.294 e. The molecule has 0 radical (unpaired) electrons. The van der Waals surface area contributed by atoms with Gasteiger partial charge in [-0.25, -0.2) is 8.78 Å². The SMILES string of the molecule is Cc1ccc(C(=O)Cc2cc(Cl)ccc2F)c(F)c1. The van der Waals surface area contributed by atoms with Crippen LogP contribution < -0.4 is 0 Å². The molecule has 0 spiro atoms. The fourth-order valence-corrected chi connectivity index (χ4v) is 1.99. The topological polar surface area (TPSA) is 17.1 Å². The summed E-state index contributed by atoms with van der Waals surface area (Å²) in [6, 6.07) is 8.30. The highest BCUT2D eigenvalue weighted by Crippen LogP contribution is 2.18. The summed E-state index contributed by atoms with van der Waals surface area (Å²) in [5.74, 6) is -1.59. The van der Waals surface area contributed by atoms with E-state index in [0.717, 1.165) is 5.56 Å². The number of hydrogen-bond acceptors (Lipinski definition) is 1. The standard InChI is InChI=1S/C15H11ClF2O/c1-9-2-4-12(14(18)6-9)15(19)8-10-7-11(16)3-5-13(10)17/h2-7H,8H2,1H3. The molecule has 0 unspecified atom stereocenters. The summed E-state index contributed by atoms with van der Waals surface area (Å²) in [6.07, 6.45) is -0.216. The Labute approximate surface area is 114 Å². The minimum atomic E-state index is -0.590. The van der Waals surface area contributed by atoms with Gasteiger partial charge in [0.25, 0.3) is 0 Å². The van der Waals surface area contributed by atoms with Crippen molar-refractivity contribution in [3.05, 3.63) is 69.7 Å². The van der Waals surface area contributed by atoms with Gasteiger partial charge >= 0.3 is 0 Å². The van der Waals surface area contributed by atoms with Crippen LogP contribution in [0.2, 0.25) is 5.02 Å². The Morgan fingerprint density at radius 3 is 2.53 bits per heavy atom. The zero-order valence-corrected chi connectivity index (χ0v) is 11.0. The molecule has 2 aromatic rings. The van der Waals surface area contributed by atoms with Crippen LogP contribution in [0.4, 0.5) is 8.78 Å². The van der Waals surface area contributed by atoms with Crippen LogP contribution in [0.1, 0.15) is 21.5 Å². The molecule has 0 aliphatic carbocycles. The molecule has 98 valence electrons. The van der Waals surface area contributed by atoms with Gasteiger partial charge in [0.2, 0.25) is 0 Å². The van der Waals surface area contributed by atoms with Crippen LogP contribution in [0.3, 0.4) is 0 Å². The number of rotatable bonds is 3. The molecule has 0 heterocycles. The summed E-state index contributed by atoms with van der Waals surface area (Å²) >= 11 is 5.75. The lowest BCUT2D eigenvalue weighted by molar-refractivity contribution is 0.0988. The Bertz CT molecular complexity index is 638. The van der Waals surface area contributed by atoms with Gasteiger partial charge in [0.05, 0.1) is 5.56 Å². The van der Waals surface area contributed by atoms with Crippen molar-refractivity contribution in [2.75, 3.05) is 0 Å². The number of hydrogen-bond donors (Lipinski definition) is 0. The highest BCUT2D eigenvalue weighted by atomic mass is 35.5. The van der Waals surface area contributed by atoms with Crippen molar-refractivity contribution in [2.45, 2.75) is 13.3 Å². The summed E-state index contributed by atoms with van der Waals surface area (Å²) in [5, 5.41) is 0.341. The maximum absolute atomic E-state index is 13.6. The summed E-state index contributed by atoms with van der Waals surface area (Å²) in [7, 11) is 0. The predicted molar refractivity (Wildman–Crippen MR) is 70.6 cm³/mol. The number of aryl methyl sites for hydroxylation is 1. The van der Waals surface area contributed by atoms with Crippen LogP contribution in [0.15, 0.2) is 36.4 Å². The van der Waals surface area contributed by atoms with Crippen LogP contribution in [-0.4, -0.2) is 5.78 Å². The summed E-state index contributed by atoms with van der Waals surface area (Å²) in [4.78, 5) is 12.0. The van der Waals surface area contributed by atoms with Crippen LogP contribution in [-0.2, 0) is 6.42 Å². The van der Waals surface area contributed by atoms with E-state index in [2.05, 4.69) is 0 Å². The Kier molecular flexibility index (Phi) is 3.96. The minimum Gasteiger partial charge on any atom is -0.294 e. The number of carbonyl (C=O) groups is 1. The number of benzene rings is 2. The van der Waals surface area contributed by atoms with Crippen LogP contribution in [0.5, 0.6) is 0 Å². The molecule has 0 N–H and O–H groups in total. The average molecular weight is 281 g/mol. The van der Waals surface area contributed by atoms with E-state index in [1.54, 1.807) is 13.0 Å². The van der Waals surface area contributed by atoms with Gasteiger partial charge in [-0.3, -0.25) is 4.79 Å². The second kappa shape index (κ2) is 5.49. The first-order chi connectivity index (χ1) is 8.97. The molecule has 0 atom stereocenters. The molecule has 4 heteroatoms. The van der Waals surface area contributed by atoms with Crippen molar-refractivity contribution in [1.82, 2.24) is 0 Å². The van der Waals surface area contributed by atoms with Crippen LogP contribution in [0.25, 0.3) is 0 Å². The molecule has 2 aromatic carbocycles. The molecular formula is C15H11ClF2O. The lowest BCUT2D eigenvalue weighted by atomic mass is 10.0. The minimum absolute atomic E-state index is 0.0371. The molecular weight excluding hydrogens is 270 g/mol. The van der Waals surface area contributed by atoms with E-state index >= 15 is 0 Å². The molecule has 0 aromatic heterocycles. The van der Waals surface area contributed by atoms with Gasteiger partial charge < -0.3 is 0 Å². The molecule has 0 saturated heterocycles. The number of halogens is 3. The van der Waals surface area contributed by atoms with Gasteiger partial charge in [-0.1, -0.05) is 17.7 Å². The first-order valence-corrected chi connectivity index (χ1v) is 6.08. The normalized spacial score (nSPS) is 10.5. The lowest BCUT2D eigenvalue weighted by Gasteiger charge is -2.05. The lowest BCUT2D eigenvalue weighted by Crippen LogP contribution is -2.07. The van der Waals surface area contributed by atoms with Gasteiger partial charge in [0, 0.05) is 11.4 Å². The number of ketones is 1. The fraction of sp³-hybridized carbons (Fsp3) is 0.133. The third-order valence-corrected chi connectivity index (χ3v) is 3.02. The van der Waals surface area contributed by atoms with E-state index in [1.165, 1.54) is 30.3 Å². The summed E-state index contributed by atoms with van der Waals surface area (Å²) in [5.41, 5.74) is 0.852. The molecule has 0 fully saturated rings. The first-order valence-electron chi connectivity index (χ1n) is 5.70. The molecule has 2 rings (SSSR count). The highest BCUT2D eigenvalue weighted by molar-refractivity contribution is 6.30. The summed E-state index contributed by atoms with van der Waals surface area (Å²) < 4.78 is 27.1. The smallest absolute Gasteiger partial charge is 0.170 e. The van der Waals surface area contributed by atoms with E-state index in [9.17, 15) is 13.6 Å². The van der Waals surface area contributed by atoms with E-state index in [-0.39, 0.29) is 17.5 Å². The van der Waals surface area contributed by atoms with Gasteiger partial charge in [-0.2, -0.15) is 0 Å². The van der Waals surface area contributed by atoms with E-state index in [1.807, 2.05) is 0 Å². The Morgan fingerprint density at radius 1 is 1.11 bits per heavy atom. The molecule has 19 heavy (non-hydrogen) atoms. The second-order valence-corrected chi connectivity index (χ2v) is 4.76. The molecule has 0 aliphatic rings. The number of carbonyl (C=O) groups excluding carboxylic acids is 1. The van der Waals surface area contributed by atoms with Crippen molar-refractivity contribution >= 4 is 17.4 Å². The quantitative estimate of drug-likeness (QED) is 0.764. The van der Waals surface area contributed by atoms with Crippen molar-refractivity contribution < 1.29 is 13.6 Å². The van der Waals surface area contributed by atoms with Crippen LogP contribution >= 0.6 is 11.6 Å². The van der Waals surface area contributed by atoms with Gasteiger partial charge in [0.15, 0.2) is 5.78 Å². The third-order valence-electron chi connectivity index (χ3n) is 2.78. The first kappa shape index (κ1) is 13.7. The zero-order chi connectivity index (χ0) is 14.0. The monoisotopic (exact) mass is 280 g/mol. The maximum atomic E-state index is 13.6. The highest BCUT2D eigenvalue weighted by Gasteiger charge is 2.14. The number of Topliss-reactive ketones (excluding diaryl/α,β-unsaturated/α-hetero) is 1. The van der Waals surface area contributed by atoms with Gasteiger partial charge in [0.1, 0.15) is 11.6 Å². The second-order valence-electron chi connectivity index (χ2n) is 4.32. The van der Waals surface area contributed by atoms with E-state index in [0.29, 0.717) is 5.02 Å². The maximum Gasteiger partial charge on any atom is 0.170 e. The Morgan fingerprint density at radius 2 is 1.84 bits per heavy atom. The molecule has 0 saturated carbocycles. The van der Waals surface area contributed by atoms with Crippen molar-refractivity contribution in [1.29, 1.82) is 0 Å². The van der Waals surface area contributed by atoms with E-state index < -0.39 is 17.4 Å². The van der Waals surface area contributed by atoms with E-state index in [4.69, 9.17) is 11.6 Å². The third kappa shape index (κ3) is 3.18. The molecule has 0 aliphatic heterocycles. The van der Waals surface area contributed by atoms with Crippen molar-refractivity contribution in [3.8, 4) is 0 Å². The summed E-state index contributed by atoms with van der Waals surface area (Å²) in [6.45, 7) is 1.73. The molecule has 1 nitrogen and oxygen atoms in total. The molecule has 0 amide bonds. The van der Waals surface area contributed by atoms with Gasteiger partial charge in [-0.15, -0.1) is 0 Å². The predicted octanol–water partition coefficient (Wildman–Crippen LogP) is 4.35. The van der Waals surface area contributed by atoms with Gasteiger partial charge in [-0.05, 0) is 48.4 Å². The zero-order valence-electron chi connectivity index (χ0n) is 10.2. The van der Waals surface area contributed by atoms with Crippen LogP contribution in [0, 0.1) is 18.6 Å². The van der Waals surface area contributed by atoms with Crippen molar-refractivity contribution in [3.63, 3.8) is 0 Å². The average Bonchev–Trinajstić information content (AvgIpc) is 2.33. The van der Waals surface area contributed by atoms with Crippen molar-refractivity contribution in [2.24, 2.45) is 0 Å².